The summed E-state index contributed by atoms with van der Waals surface area (Å²) in [6.07, 6.45) is -0.572. The molecule has 27 heavy (non-hydrogen) atoms. The molecule has 2 N–H and O–H groups in total. The van der Waals surface area contributed by atoms with E-state index < -0.39 is 29.5 Å². The number of hydrogen-bond donors (Lipinski definition) is 1. The van der Waals surface area contributed by atoms with Crippen LogP contribution in [0.5, 0.6) is 11.5 Å². The van der Waals surface area contributed by atoms with Crippen LogP contribution in [0.2, 0.25) is 0 Å². The molecule has 0 aliphatic carbocycles. The summed E-state index contributed by atoms with van der Waals surface area (Å²) in [5.41, 5.74) is 5.24. The van der Waals surface area contributed by atoms with E-state index in [0.717, 1.165) is 12.1 Å². The van der Waals surface area contributed by atoms with Crippen molar-refractivity contribution in [3.05, 3.63) is 59.5 Å². The zero-order valence-electron chi connectivity index (χ0n) is 14.2. The molecule has 0 spiro atoms. The molecule has 0 radical (unpaired) electrons. The van der Waals surface area contributed by atoms with Crippen LogP contribution in [0, 0.1) is 11.6 Å². The molecular weight excluding hydrogens is 360 g/mol. The lowest BCUT2D eigenvalue weighted by Gasteiger charge is -2.08. The van der Waals surface area contributed by atoms with Gasteiger partial charge in [-0.1, -0.05) is 5.16 Å². The van der Waals surface area contributed by atoms with E-state index in [1.165, 1.54) is 0 Å². The maximum atomic E-state index is 14.3. The molecule has 0 saturated carbocycles. The summed E-state index contributed by atoms with van der Waals surface area (Å²) in [7, 11) is 1.56. The molecule has 0 fully saturated rings. The number of aromatic nitrogens is 2. The van der Waals surface area contributed by atoms with E-state index in [-0.39, 0.29) is 18.2 Å². The lowest BCUT2D eigenvalue weighted by atomic mass is 10.1. The molecule has 0 saturated heterocycles. The summed E-state index contributed by atoms with van der Waals surface area (Å²) in [4.78, 5) is 15.1. The van der Waals surface area contributed by atoms with E-state index in [4.69, 9.17) is 19.7 Å². The van der Waals surface area contributed by atoms with E-state index in [9.17, 15) is 13.6 Å². The number of halogens is 2. The van der Waals surface area contributed by atoms with Crippen molar-refractivity contribution in [1.29, 1.82) is 0 Å². The third-order valence-corrected chi connectivity index (χ3v) is 3.67. The number of amides is 1. The maximum Gasteiger partial charge on any atom is 0.264 e. The van der Waals surface area contributed by atoms with Crippen LogP contribution in [-0.4, -0.2) is 23.2 Å². The summed E-state index contributed by atoms with van der Waals surface area (Å²) in [5, 5.41) is 3.83. The number of ether oxygens (including phenoxy) is 2. The van der Waals surface area contributed by atoms with Gasteiger partial charge in [-0.15, -0.1) is 0 Å². The molecule has 9 heteroatoms. The second-order valence-corrected chi connectivity index (χ2v) is 5.51. The molecule has 3 rings (SSSR count). The van der Waals surface area contributed by atoms with Crippen molar-refractivity contribution in [3.63, 3.8) is 0 Å². The molecule has 2 aromatic carbocycles. The molecule has 0 unspecified atom stereocenters. The van der Waals surface area contributed by atoms with Gasteiger partial charge >= 0.3 is 0 Å². The third kappa shape index (κ3) is 4.20. The van der Waals surface area contributed by atoms with E-state index in [1.54, 1.807) is 31.4 Å². The molecular formula is C18H15F2N3O4. The minimum Gasteiger partial charge on any atom is -0.497 e. The van der Waals surface area contributed by atoms with Crippen molar-refractivity contribution in [3.8, 4) is 22.9 Å². The number of benzene rings is 2. The van der Waals surface area contributed by atoms with Crippen molar-refractivity contribution in [2.45, 2.75) is 13.0 Å². The van der Waals surface area contributed by atoms with E-state index in [2.05, 4.69) is 10.1 Å². The Morgan fingerprint density at radius 2 is 1.93 bits per heavy atom. The van der Waals surface area contributed by atoms with Gasteiger partial charge in [0.2, 0.25) is 11.7 Å². The highest BCUT2D eigenvalue weighted by molar-refractivity contribution is 5.76. The van der Waals surface area contributed by atoms with E-state index >= 15 is 0 Å². The number of nitrogens with two attached hydrogens (primary N) is 1. The Morgan fingerprint density at radius 1 is 1.19 bits per heavy atom. The van der Waals surface area contributed by atoms with Crippen LogP contribution in [0.1, 0.15) is 11.5 Å². The normalized spacial score (nSPS) is 10.6. The van der Waals surface area contributed by atoms with Crippen molar-refractivity contribution in [1.82, 2.24) is 10.1 Å². The lowest BCUT2D eigenvalue weighted by Crippen LogP contribution is -2.16. The number of rotatable bonds is 7. The molecule has 0 aliphatic heterocycles. The quantitative estimate of drug-likeness (QED) is 0.681. The first-order chi connectivity index (χ1) is 13.0. The number of hydrogen-bond acceptors (Lipinski definition) is 6. The first-order valence-corrected chi connectivity index (χ1v) is 7.83. The first kappa shape index (κ1) is 18.3. The zero-order valence-corrected chi connectivity index (χ0v) is 14.2. The summed E-state index contributed by atoms with van der Waals surface area (Å²) in [6, 6.07) is 9.10. The topological polar surface area (TPSA) is 100 Å². The van der Waals surface area contributed by atoms with Crippen LogP contribution < -0.4 is 15.2 Å². The van der Waals surface area contributed by atoms with Crippen LogP contribution in [0.3, 0.4) is 0 Å². The lowest BCUT2D eigenvalue weighted by molar-refractivity contribution is -0.117. The minimum absolute atomic E-state index is 0.0981. The zero-order chi connectivity index (χ0) is 19.4. The SMILES string of the molecule is COc1ccc(-c2noc(COc3ccc(F)c(CC(N)=O)c3F)n2)cc1. The summed E-state index contributed by atoms with van der Waals surface area (Å²) in [6.45, 7) is -0.234. The molecule has 1 heterocycles. The Kier molecular flexibility index (Phi) is 5.30. The summed E-state index contributed by atoms with van der Waals surface area (Å²) in [5.74, 6) is -1.87. The molecule has 0 bridgehead atoms. The van der Waals surface area contributed by atoms with Crippen LogP contribution in [-0.2, 0) is 17.8 Å². The number of nitrogens with zero attached hydrogens (tertiary/aromatic N) is 2. The van der Waals surface area contributed by atoms with Crippen LogP contribution in [0.25, 0.3) is 11.4 Å². The van der Waals surface area contributed by atoms with Gasteiger partial charge in [0, 0.05) is 11.1 Å². The first-order valence-electron chi connectivity index (χ1n) is 7.83. The molecule has 3 aromatic rings. The summed E-state index contributed by atoms with van der Waals surface area (Å²) < 4.78 is 43.4. The highest BCUT2D eigenvalue weighted by atomic mass is 19.1. The van der Waals surface area contributed by atoms with Crippen molar-refractivity contribution in [2.75, 3.05) is 7.11 Å². The van der Waals surface area contributed by atoms with Gasteiger partial charge in [-0.2, -0.15) is 4.98 Å². The third-order valence-electron chi connectivity index (χ3n) is 3.67. The van der Waals surface area contributed by atoms with E-state index in [0.29, 0.717) is 17.1 Å². The van der Waals surface area contributed by atoms with Crippen LogP contribution in [0.4, 0.5) is 8.78 Å². The number of primary amides is 1. The average Bonchev–Trinajstić information content (AvgIpc) is 3.13. The van der Waals surface area contributed by atoms with Gasteiger partial charge in [-0.3, -0.25) is 4.79 Å². The van der Waals surface area contributed by atoms with Crippen molar-refractivity contribution < 1.29 is 27.6 Å². The Balaban J connectivity index is 1.72. The highest BCUT2D eigenvalue weighted by Crippen LogP contribution is 2.25. The van der Waals surface area contributed by atoms with Crippen molar-refractivity contribution in [2.24, 2.45) is 5.73 Å². The van der Waals surface area contributed by atoms with Crippen molar-refractivity contribution >= 4 is 5.91 Å². The molecule has 7 nitrogen and oxygen atoms in total. The standard InChI is InChI=1S/C18H15F2N3O4/c1-25-11-4-2-10(3-5-11)18-22-16(27-23-18)9-26-14-7-6-13(19)12(17(14)20)8-15(21)24/h2-7H,8-9H2,1H3,(H2,21,24). The highest BCUT2D eigenvalue weighted by Gasteiger charge is 2.18. The molecule has 1 aromatic heterocycles. The Hall–Kier alpha value is -3.49. The van der Waals surface area contributed by atoms with Gasteiger partial charge in [0.15, 0.2) is 18.2 Å². The van der Waals surface area contributed by atoms with Crippen LogP contribution >= 0.6 is 0 Å². The smallest absolute Gasteiger partial charge is 0.264 e. The van der Waals surface area contributed by atoms with Crippen LogP contribution in [0.15, 0.2) is 40.9 Å². The fourth-order valence-corrected chi connectivity index (χ4v) is 2.33. The summed E-state index contributed by atoms with van der Waals surface area (Å²) >= 11 is 0. The predicted molar refractivity (Wildman–Crippen MR) is 89.9 cm³/mol. The Labute approximate surface area is 152 Å². The van der Waals surface area contributed by atoms with E-state index in [1.807, 2.05) is 0 Å². The number of carbonyl (C=O) groups excluding carboxylic acids is 1. The Bertz CT molecular complexity index is 958. The fourth-order valence-electron chi connectivity index (χ4n) is 2.33. The monoisotopic (exact) mass is 375 g/mol. The second kappa shape index (κ2) is 7.81. The molecule has 0 aliphatic rings. The predicted octanol–water partition coefficient (Wildman–Crippen LogP) is 2.63. The van der Waals surface area contributed by atoms with Gasteiger partial charge in [0.05, 0.1) is 13.5 Å². The van der Waals surface area contributed by atoms with Gasteiger partial charge in [-0.25, -0.2) is 8.78 Å². The number of methoxy groups -OCH3 is 1. The van der Waals surface area contributed by atoms with Gasteiger partial charge < -0.3 is 19.7 Å². The average molecular weight is 375 g/mol. The maximum absolute atomic E-state index is 14.3. The largest absolute Gasteiger partial charge is 0.497 e. The minimum atomic E-state index is -0.997. The fraction of sp³-hybridized carbons (Fsp3) is 0.167. The van der Waals surface area contributed by atoms with Gasteiger partial charge in [0.1, 0.15) is 11.6 Å². The Morgan fingerprint density at radius 3 is 2.59 bits per heavy atom. The molecule has 0 atom stereocenters. The second-order valence-electron chi connectivity index (χ2n) is 5.51. The van der Waals surface area contributed by atoms with Gasteiger partial charge in [-0.05, 0) is 36.4 Å². The molecule has 140 valence electrons. The number of carbonyl (C=O) groups is 1. The van der Waals surface area contributed by atoms with Gasteiger partial charge in [0.25, 0.3) is 5.89 Å². The molecule has 1 amide bonds.